The van der Waals surface area contributed by atoms with Crippen molar-refractivity contribution >= 4 is 141 Å². The second-order valence-corrected chi connectivity index (χ2v) is 47.0. The van der Waals surface area contributed by atoms with Crippen LogP contribution in [0, 0.1) is 0 Å². The van der Waals surface area contributed by atoms with Crippen molar-refractivity contribution in [2.45, 2.75) is 130 Å². The highest BCUT2D eigenvalue weighted by atomic mass is 79.9. The molecule has 9 aromatic heterocycles. The van der Waals surface area contributed by atoms with Crippen molar-refractivity contribution in [2.75, 3.05) is 131 Å². The van der Waals surface area contributed by atoms with Gasteiger partial charge in [0, 0.05) is 188 Å². The van der Waals surface area contributed by atoms with Gasteiger partial charge in [-0.15, -0.1) is 0 Å². The SMILES string of the molecule is CC(C)(C)OC(=O)N1CCN(c2cc(N)n3ncc(-c4cnc5ccccc5c4)c3n2)CC1.CC(C)(C)OC(=O)N1CCN(c2nc3c(-c4cnc5ccccc5c4)cnn3c(N)c2Br)CC1.CC(C)(C)OC(=O)N1CCNCC1.C[Si](C)(C)CCOCN(COCC[Si](C)(C)C)c1cc(Cl)nc2c(-c3cnc4ccccc4c3)cnn12. The summed E-state index contributed by atoms with van der Waals surface area (Å²) in [7, 11) is -2.38. The molecule has 0 spiro atoms. The van der Waals surface area contributed by atoms with Crippen LogP contribution in [0.3, 0.4) is 0 Å². The Labute approximate surface area is 698 Å². The first-order chi connectivity index (χ1) is 55.5. The maximum absolute atomic E-state index is 12.4. The van der Waals surface area contributed by atoms with E-state index in [0.29, 0.717) is 104 Å². The lowest BCUT2D eigenvalue weighted by Gasteiger charge is -2.36. The van der Waals surface area contributed by atoms with Crippen LogP contribution in [0.15, 0.2) is 145 Å². The zero-order valence-corrected chi connectivity index (χ0v) is 74.1. The largest absolute Gasteiger partial charge is 0.444 e. The number of ether oxygens (including phenoxy) is 5. The molecule has 620 valence electrons. The monoisotopic (exact) mass is 1710 g/mol. The van der Waals surface area contributed by atoms with Crippen LogP contribution < -0.4 is 31.5 Å². The Kier molecular flexibility index (Phi) is 26.9. The Hall–Kier alpha value is -10.4. The van der Waals surface area contributed by atoms with Gasteiger partial charge < -0.3 is 69.9 Å². The predicted molar refractivity (Wildman–Crippen MR) is 474 cm³/mol. The minimum absolute atomic E-state index is 0.200. The minimum atomic E-state index is -1.19. The lowest BCUT2D eigenvalue weighted by Crippen LogP contribution is -2.50. The summed E-state index contributed by atoms with van der Waals surface area (Å²) in [4.78, 5) is 76.0. The summed E-state index contributed by atoms with van der Waals surface area (Å²) < 4.78 is 34.3. The Morgan fingerprint density at radius 2 is 0.872 bits per heavy atom. The maximum atomic E-state index is 12.4. The number of benzene rings is 3. The summed E-state index contributed by atoms with van der Waals surface area (Å²) in [5, 5.41) is 20.4. The number of rotatable bonds is 16. The smallest absolute Gasteiger partial charge is 0.410 e. The molecule has 12 aromatic rings. The Bertz CT molecular complexity index is 5460. The molecule has 12 heterocycles. The summed E-state index contributed by atoms with van der Waals surface area (Å²) in [6.07, 6.45) is 10.1. The molecule has 3 aromatic carbocycles. The highest BCUT2D eigenvalue weighted by Gasteiger charge is 2.32. The molecule has 0 atom stereocenters. The van der Waals surface area contributed by atoms with E-state index in [1.807, 2.05) is 175 Å². The number of anilines is 5. The van der Waals surface area contributed by atoms with Gasteiger partial charge in [0.05, 0.1) is 35.1 Å². The van der Waals surface area contributed by atoms with Gasteiger partial charge in [0.25, 0.3) is 0 Å². The molecule has 0 unspecified atom stereocenters. The van der Waals surface area contributed by atoms with Crippen LogP contribution in [0.25, 0.3) is 83.0 Å². The topological polar surface area (TPSA) is 310 Å². The minimum Gasteiger partial charge on any atom is -0.444 e. The molecule has 3 aliphatic heterocycles. The van der Waals surface area contributed by atoms with Crippen molar-refractivity contribution in [1.29, 1.82) is 0 Å². The van der Waals surface area contributed by atoms with E-state index in [-0.39, 0.29) is 23.9 Å². The van der Waals surface area contributed by atoms with E-state index in [1.54, 1.807) is 36.1 Å². The number of halogens is 2. The summed E-state index contributed by atoms with van der Waals surface area (Å²) in [6, 6.07) is 36.2. The number of aromatic nitrogens is 12. The maximum Gasteiger partial charge on any atom is 0.410 e. The van der Waals surface area contributed by atoms with E-state index in [4.69, 9.17) is 61.8 Å². The van der Waals surface area contributed by atoms with Crippen molar-refractivity contribution in [2.24, 2.45) is 0 Å². The third-order valence-electron chi connectivity index (χ3n) is 19.3. The van der Waals surface area contributed by atoms with Crippen LogP contribution in [0.5, 0.6) is 0 Å². The number of amides is 3. The van der Waals surface area contributed by atoms with E-state index in [2.05, 4.69) is 125 Å². The van der Waals surface area contributed by atoms with Gasteiger partial charge in [0.2, 0.25) is 0 Å². The zero-order chi connectivity index (χ0) is 83.7. The van der Waals surface area contributed by atoms with Crippen molar-refractivity contribution in [3.8, 4) is 33.4 Å². The highest BCUT2D eigenvalue weighted by molar-refractivity contribution is 9.10. The van der Waals surface area contributed by atoms with Gasteiger partial charge in [-0.2, -0.15) is 28.8 Å². The van der Waals surface area contributed by atoms with Crippen molar-refractivity contribution in [1.82, 2.24) is 78.8 Å². The van der Waals surface area contributed by atoms with Crippen LogP contribution in [0.4, 0.5) is 43.5 Å². The Morgan fingerprint density at radius 1 is 0.487 bits per heavy atom. The van der Waals surface area contributed by atoms with Crippen LogP contribution in [-0.4, -0.2) is 230 Å². The van der Waals surface area contributed by atoms with E-state index in [9.17, 15) is 14.4 Å². The fourth-order valence-corrected chi connectivity index (χ4v) is 15.3. The number of nitrogen functional groups attached to an aromatic ring is 2. The molecule has 3 saturated heterocycles. The number of carbonyl (C=O) groups excluding carboxylic acids is 3. The number of nitrogens with zero attached hydrogens (tertiary/aromatic N) is 18. The highest BCUT2D eigenvalue weighted by Crippen LogP contribution is 2.37. The van der Waals surface area contributed by atoms with Crippen molar-refractivity contribution in [3.63, 3.8) is 0 Å². The first-order valence-electron chi connectivity index (χ1n) is 39.6. The van der Waals surface area contributed by atoms with Gasteiger partial charge in [-0.3, -0.25) is 15.0 Å². The third-order valence-corrected chi connectivity index (χ3v) is 23.6. The number of piperazine rings is 3. The van der Waals surface area contributed by atoms with Crippen molar-refractivity contribution < 1.29 is 38.1 Å². The molecule has 0 bridgehead atoms. The second kappa shape index (κ2) is 36.7. The van der Waals surface area contributed by atoms with E-state index in [1.165, 1.54) is 0 Å². The number of hydrogen-bond donors (Lipinski definition) is 3. The van der Waals surface area contributed by atoms with Crippen LogP contribution in [0.2, 0.25) is 56.5 Å². The van der Waals surface area contributed by atoms with Gasteiger partial charge in [-0.05, 0) is 127 Å². The van der Waals surface area contributed by atoms with Gasteiger partial charge in [0.1, 0.15) is 69.0 Å². The summed E-state index contributed by atoms with van der Waals surface area (Å²) in [5.41, 5.74) is 21.6. The van der Waals surface area contributed by atoms with Gasteiger partial charge in [-0.25, -0.2) is 29.3 Å². The number of hydrogen-bond acceptors (Lipinski definition) is 23. The number of fused-ring (bicyclic) bond motifs is 6. The Balaban J connectivity index is 0.000000150. The fraction of sp³-hybridized carbons (Fsp3) is 0.429. The van der Waals surface area contributed by atoms with Gasteiger partial charge >= 0.3 is 18.3 Å². The van der Waals surface area contributed by atoms with E-state index >= 15 is 0 Å². The van der Waals surface area contributed by atoms with Crippen LogP contribution >= 0.6 is 27.5 Å². The summed E-state index contributed by atoms with van der Waals surface area (Å²) in [6.45, 7) is 41.1. The number of nitrogens with two attached hydrogens (primary N) is 2. The summed E-state index contributed by atoms with van der Waals surface area (Å²) in [5.74, 6) is 3.25. The third kappa shape index (κ3) is 22.7. The van der Waals surface area contributed by atoms with Gasteiger partial charge in [0.15, 0.2) is 16.9 Å². The molecule has 0 aliphatic carbocycles. The molecule has 3 amide bonds. The molecular weight excluding hydrogens is 1600 g/mol. The molecular formula is C84H109BrClN21O8Si2. The molecule has 117 heavy (non-hydrogen) atoms. The quantitative estimate of drug-likeness (QED) is 0.0266. The standard InChI is InChI=1S/C27H38ClN5O2Si2.C24H26BrN7O2.C24H27N7O2.C9H18N2O2/c1-36(2,3)13-11-34-19-32(20-35-12-14-37(4,5)6)26-16-25(28)31-27-23(18-30-33(26)27)22-15-21-9-7-8-10-24(21)29-17-22;1-24(2,3)34-23(33)31-10-8-30(9-11-31)22-19(25)20(26)32-21(29-22)17(14-28-32)16-12-15-6-4-5-7-18(15)27-13-16;1-24(2,3)33-23(32)30-10-8-29(9-11-30)21-13-20(25)31-22(28-21)18(15-27-31)17-12-16-6-4-5-7-19(16)26-14-17;1-9(2,3)13-8(12)11-6-4-10-5-7-11/h7-10,15-18H,11-14,19-20H2,1-6H3;4-7,12-14H,8-11,26H2,1-3H3;4-7,12-15H,8-11,25H2,1-3H3;10H,4-7H2,1-3H3. The normalized spacial score (nSPS) is 14.5. The van der Waals surface area contributed by atoms with Crippen LogP contribution in [-0.2, 0) is 23.7 Å². The lowest BCUT2D eigenvalue weighted by atomic mass is 10.1. The summed E-state index contributed by atoms with van der Waals surface area (Å²) >= 11 is 10.2. The molecule has 3 fully saturated rings. The van der Waals surface area contributed by atoms with Crippen LogP contribution in [0.1, 0.15) is 62.3 Å². The Morgan fingerprint density at radius 3 is 1.30 bits per heavy atom. The number of nitrogens with one attached hydrogen (secondary N) is 1. The average Bonchev–Trinajstić information content (AvgIpc) is 1.66. The fourth-order valence-electron chi connectivity index (χ4n) is 13.1. The molecule has 0 saturated carbocycles. The van der Waals surface area contributed by atoms with E-state index in [0.717, 1.165) is 135 Å². The average molecular weight is 1710 g/mol. The molecule has 5 N–H and O–H groups in total. The molecule has 33 heteroatoms. The first-order valence-corrected chi connectivity index (χ1v) is 48.2. The molecule has 15 rings (SSSR count). The van der Waals surface area contributed by atoms with Crippen molar-refractivity contribution in [3.05, 3.63) is 150 Å². The molecule has 3 aliphatic rings. The second-order valence-electron chi connectivity index (χ2n) is 34.6. The predicted octanol–water partition coefficient (Wildman–Crippen LogP) is 15.8. The molecule has 0 radical (unpaired) electrons. The lowest BCUT2D eigenvalue weighted by molar-refractivity contribution is 0.0221. The van der Waals surface area contributed by atoms with Gasteiger partial charge in [-0.1, -0.05) is 105 Å². The number of carbonyl (C=O) groups is 3. The first kappa shape index (κ1) is 86.0. The zero-order valence-electron chi connectivity index (χ0n) is 69.7. The number of para-hydroxylation sites is 3. The molecule has 29 nitrogen and oxygen atoms in total. The number of pyridine rings is 3. The van der Waals surface area contributed by atoms with E-state index < -0.39 is 27.3 Å².